The van der Waals surface area contributed by atoms with Gasteiger partial charge in [-0.1, -0.05) is 27.5 Å². The van der Waals surface area contributed by atoms with Gasteiger partial charge in [0.05, 0.1) is 10.5 Å². The minimum absolute atomic E-state index is 0.444. The number of benzene rings is 1. The Morgan fingerprint density at radius 3 is 2.79 bits per heavy atom. The van der Waals surface area contributed by atoms with Crippen LogP contribution < -0.4 is 5.73 Å². The first-order valence-electron chi connectivity index (χ1n) is 4.10. The largest absolute Gasteiger partial charge is 0.384 e. The molecule has 72 valence electrons. The standard InChI is InChI=1S/C10H8BrClN2/c1-5-2-6(11)10-7(12)4-9(13)14-8(10)3-5/h2-4H,1H3,(H2,13,14). The second kappa shape index (κ2) is 3.41. The molecule has 0 aliphatic rings. The zero-order valence-electron chi connectivity index (χ0n) is 7.51. The van der Waals surface area contributed by atoms with Crippen LogP contribution in [0.3, 0.4) is 0 Å². The zero-order valence-corrected chi connectivity index (χ0v) is 9.85. The van der Waals surface area contributed by atoms with E-state index in [2.05, 4.69) is 20.9 Å². The van der Waals surface area contributed by atoms with Gasteiger partial charge in [0.25, 0.3) is 0 Å². The number of anilines is 1. The Labute approximate surface area is 95.2 Å². The molecule has 0 saturated heterocycles. The summed E-state index contributed by atoms with van der Waals surface area (Å²) in [5, 5.41) is 1.53. The smallest absolute Gasteiger partial charge is 0.125 e. The summed E-state index contributed by atoms with van der Waals surface area (Å²) in [6.07, 6.45) is 0. The highest BCUT2D eigenvalue weighted by atomic mass is 79.9. The normalized spacial score (nSPS) is 10.8. The van der Waals surface area contributed by atoms with Crippen LogP contribution in [0.1, 0.15) is 5.56 Å². The second-order valence-corrected chi connectivity index (χ2v) is 4.43. The predicted octanol–water partition coefficient (Wildman–Crippen LogP) is 3.54. The van der Waals surface area contributed by atoms with Crippen molar-refractivity contribution in [3.63, 3.8) is 0 Å². The van der Waals surface area contributed by atoms with Crippen LogP contribution in [0.5, 0.6) is 0 Å². The van der Waals surface area contributed by atoms with E-state index in [1.807, 2.05) is 19.1 Å². The van der Waals surface area contributed by atoms with Crippen molar-refractivity contribution in [2.75, 3.05) is 5.73 Å². The Hall–Kier alpha value is -0.800. The van der Waals surface area contributed by atoms with Gasteiger partial charge in [0.1, 0.15) is 5.82 Å². The number of nitrogen functional groups attached to an aromatic ring is 1. The molecule has 0 radical (unpaired) electrons. The van der Waals surface area contributed by atoms with E-state index < -0.39 is 0 Å². The Morgan fingerprint density at radius 2 is 2.07 bits per heavy atom. The van der Waals surface area contributed by atoms with Crippen LogP contribution in [0.4, 0.5) is 5.82 Å². The molecule has 0 unspecified atom stereocenters. The quantitative estimate of drug-likeness (QED) is 0.796. The third kappa shape index (κ3) is 1.57. The fourth-order valence-corrected chi connectivity index (χ4v) is 2.62. The topological polar surface area (TPSA) is 38.9 Å². The van der Waals surface area contributed by atoms with E-state index in [1.165, 1.54) is 0 Å². The first kappa shape index (κ1) is 9.74. The molecule has 2 nitrogen and oxygen atoms in total. The number of aryl methyl sites for hydroxylation is 1. The van der Waals surface area contributed by atoms with E-state index in [-0.39, 0.29) is 0 Å². The lowest BCUT2D eigenvalue weighted by molar-refractivity contribution is 1.38. The summed E-state index contributed by atoms with van der Waals surface area (Å²) >= 11 is 9.53. The number of nitrogens with zero attached hydrogens (tertiary/aromatic N) is 1. The van der Waals surface area contributed by atoms with Gasteiger partial charge in [0.15, 0.2) is 0 Å². The number of nitrogens with two attached hydrogens (primary N) is 1. The molecule has 2 aromatic rings. The summed E-state index contributed by atoms with van der Waals surface area (Å²) < 4.78 is 0.949. The Morgan fingerprint density at radius 1 is 1.36 bits per heavy atom. The maximum absolute atomic E-state index is 6.07. The molecule has 14 heavy (non-hydrogen) atoms. The van der Waals surface area contributed by atoms with Gasteiger partial charge >= 0.3 is 0 Å². The number of aromatic nitrogens is 1. The molecule has 0 atom stereocenters. The molecule has 1 aromatic heterocycles. The highest BCUT2D eigenvalue weighted by molar-refractivity contribution is 9.10. The lowest BCUT2D eigenvalue weighted by Crippen LogP contribution is -1.91. The van der Waals surface area contributed by atoms with Crippen molar-refractivity contribution in [3.05, 3.63) is 33.3 Å². The lowest BCUT2D eigenvalue weighted by Gasteiger charge is -2.05. The summed E-state index contributed by atoms with van der Waals surface area (Å²) in [4.78, 5) is 4.22. The molecule has 0 aliphatic heterocycles. The highest BCUT2D eigenvalue weighted by Gasteiger charge is 2.06. The maximum atomic E-state index is 6.07. The van der Waals surface area contributed by atoms with Crippen LogP contribution >= 0.6 is 27.5 Å². The molecule has 0 aliphatic carbocycles. The van der Waals surface area contributed by atoms with Crippen LogP contribution in [0.15, 0.2) is 22.7 Å². The summed E-state index contributed by atoms with van der Waals surface area (Å²) in [5.74, 6) is 0.444. The minimum Gasteiger partial charge on any atom is -0.384 e. The van der Waals surface area contributed by atoms with Crippen LogP contribution in [-0.2, 0) is 0 Å². The molecule has 1 heterocycles. The van der Waals surface area contributed by atoms with Crippen LogP contribution in [0, 0.1) is 6.92 Å². The molecule has 0 fully saturated rings. The van der Waals surface area contributed by atoms with Gasteiger partial charge in [-0.05, 0) is 30.7 Å². The van der Waals surface area contributed by atoms with Crippen molar-refractivity contribution in [1.29, 1.82) is 0 Å². The molecule has 1 aromatic carbocycles. The predicted molar refractivity (Wildman–Crippen MR) is 63.6 cm³/mol. The molecule has 0 amide bonds. The van der Waals surface area contributed by atoms with E-state index in [0.717, 1.165) is 20.9 Å². The van der Waals surface area contributed by atoms with Gasteiger partial charge in [0.2, 0.25) is 0 Å². The molecule has 0 bridgehead atoms. The van der Waals surface area contributed by atoms with E-state index in [4.69, 9.17) is 17.3 Å². The van der Waals surface area contributed by atoms with E-state index in [0.29, 0.717) is 10.8 Å². The van der Waals surface area contributed by atoms with Crippen molar-refractivity contribution in [3.8, 4) is 0 Å². The third-order valence-corrected chi connectivity index (χ3v) is 2.90. The van der Waals surface area contributed by atoms with E-state index >= 15 is 0 Å². The van der Waals surface area contributed by atoms with Gasteiger partial charge < -0.3 is 5.73 Å². The number of hydrogen-bond acceptors (Lipinski definition) is 2. The molecule has 0 spiro atoms. The van der Waals surface area contributed by atoms with Gasteiger partial charge in [-0.3, -0.25) is 0 Å². The average molecular weight is 272 g/mol. The summed E-state index contributed by atoms with van der Waals surface area (Å²) in [7, 11) is 0. The first-order valence-corrected chi connectivity index (χ1v) is 5.27. The van der Waals surface area contributed by atoms with Gasteiger partial charge in [-0.2, -0.15) is 0 Å². The Bertz CT molecular complexity index is 468. The van der Waals surface area contributed by atoms with Crippen molar-refractivity contribution < 1.29 is 0 Å². The van der Waals surface area contributed by atoms with Crippen molar-refractivity contribution in [1.82, 2.24) is 4.98 Å². The lowest BCUT2D eigenvalue weighted by atomic mass is 10.1. The fraction of sp³-hybridized carbons (Fsp3) is 0.100. The fourth-order valence-electron chi connectivity index (χ4n) is 1.42. The number of rotatable bonds is 0. The van der Waals surface area contributed by atoms with Crippen LogP contribution in [0.25, 0.3) is 10.9 Å². The van der Waals surface area contributed by atoms with E-state index in [9.17, 15) is 0 Å². The molecule has 2 rings (SSSR count). The van der Waals surface area contributed by atoms with Gasteiger partial charge in [0, 0.05) is 9.86 Å². The Kier molecular flexibility index (Phi) is 2.37. The molecule has 0 saturated carbocycles. The van der Waals surface area contributed by atoms with Crippen molar-refractivity contribution in [2.45, 2.75) is 6.92 Å². The molecular weight excluding hydrogens is 263 g/mol. The summed E-state index contributed by atoms with van der Waals surface area (Å²) in [6, 6.07) is 5.62. The van der Waals surface area contributed by atoms with E-state index in [1.54, 1.807) is 6.07 Å². The summed E-state index contributed by atoms with van der Waals surface area (Å²) in [6.45, 7) is 2.00. The van der Waals surface area contributed by atoms with Gasteiger partial charge in [-0.25, -0.2) is 4.98 Å². The molecule has 4 heteroatoms. The number of pyridine rings is 1. The first-order chi connectivity index (χ1) is 6.58. The minimum atomic E-state index is 0.444. The third-order valence-electron chi connectivity index (χ3n) is 1.98. The Balaban J connectivity index is 2.94. The SMILES string of the molecule is Cc1cc(Br)c2c(Cl)cc(N)nc2c1. The van der Waals surface area contributed by atoms with Crippen molar-refractivity contribution >= 4 is 44.3 Å². The molecule has 2 N–H and O–H groups in total. The number of hydrogen-bond donors (Lipinski definition) is 1. The van der Waals surface area contributed by atoms with Crippen LogP contribution in [-0.4, -0.2) is 4.98 Å². The number of halogens is 2. The zero-order chi connectivity index (χ0) is 10.3. The second-order valence-electron chi connectivity index (χ2n) is 3.17. The molecular formula is C10H8BrClN2. The summed E-state index contributed by atoms with van der Waals surface area (Å²) in [5.41, 5.74) is 7.56. The van der Waals surface area contributed by atoms with Gasteiger partial charge in [-0.15, -0.1) is 0 Å². The highest BCUT2D eigenvalue weighted by Crippen LogP contribution is 2.31. The number of fused-ring (bicyclic) bond motifs is 1. The average Bonchev–Trinajstić information content (AvgIpc) is 1.99. The maximum Gasteiger partial charge on any atom is 0.125 e. The van der Waals surface area contributed by atoms with Crippen molar-refractivity contribution in [2.24, 2.45) is 0 Å². The monoisotopic (exact) mass is 270 g/mol. The van der Waals surface area contributed by atoms with Crippen LogP contribution in [0.2, 0.25) is 5.02 Å².